The first kappa shape index (κ1) is 28.2. The summed E-state index contributed by atoms with van der Waals surface area (Å²) in [6.45, 7) is 6.35. The van der Waals surface area contributed by atoms with Gasteiger partial charge < -0.3 is 19.6 Å². The Bertz CT molecular complexity index is 1370. The second-order valence-corrected chi connectivity index (χ2v) is 12.3. The third kappa shape index (κ3) is 6.75. The molecule has 0 radical (unpaired) electrons. The highest BCUT2D eigenvalue weighted by molar-refractivity contribution is 6.35. The molecule has 4 heterocycles. The lowest BCUT2D eigenvalue weighted by molar-refractivity contribution is -0.139. The van der Waals surface area contributed by atoms with Crippen LogP contribution in [0, 0.1) is 17.8 Å². The van der Waals surface area contributed by atoms with Gasteiger partial charge in [0.15, 0.2) is 5.82 Å². The first-order valence-electron chi connectivity index (χ1n) is 14.2. The summed E-state index contributed by atoms with van der Waals surface area (Å²) in [5.41, 5.74) is 2.52. The number of carboxylic acid groups (broad SMARTS) is 1. The van der Waals surface area contributed by atoms with E-state index in [0.29, 0.717) is 45.9 Å². The Morgan fingerprint density at radius 2 is 1.68 bits per heavy atom. The van der Waals surface area contributed by atoms with Crippen LogP contribution >= 0.6 is 23.2 Å². The Labute approximate surface area is 250 Å². The van der Waals surface area contributed by atoms with E-state index in [2.05, 4.69) is 31.9 Å². The molecule has 2 aromatic heterocycles. The summed E-state index contributed by atoms with van der Waals surface area (Å²) in [7, 11) is 2.14. The number of carbonyl (C=O) groups is 1. The minimum absolute atomic E-state index is 0.162. The van der Waals surface area contributed by atoms with Crippen LogP contribution in [0.3, 0.4) is 0 Å². The molecule has 9 nitrogen and oxygen atoms in total. The predicted molar refractivity (Wildman–Crippen MR) is 159 cm³/mol. The third-order valence-corrected chi connectivity index (χ3v) is 8.92. The van der Waals surface area contributed by atoms with Crippen molar-refractivity contribution < 1.29 is 14.6 Å². The summed E-state index contributed by atoms with van der Waals surface area (Å²) in [5.74, 6) is 1.41. The van der Waals surface area contributed by atoms with Crippen LogP contribution in [0.2, 0.25) is 10.0 Å². The molecule has 1 aliphatic carbocycles. The van der Waals surface area contributed by atoms with Gasteiger partial charge >= 0.3 is 5.97 Å². The van der Waals surface area contributed by atoms with Crippen LogP contribution in [0.1, 0.15) is 24.8 Å². The molecule has 1 saturated carbocycles. The van der Waals surface area contributed by atoms with E-state index in [0.717, 1.165) is 75.5 Å². The predicted octanol–water partition coefficient (Wildman–Crippen LogP) is 5.32. The lowest BCUT2D eigenvalue weighted by atomic mass is 10.1. The number of carboxylic acids is 1. The Kier molecular flexibility index (Phi) is 8.30. The van der Waals surface area contributed by atoms with E-state index < -0.39 is 5.97 Å². The molecule has 3 fully saturated rings. The molecule has 2 aliphatic heterocycles. The lowest BCUT2D eigenvalue weighted by Gasteiger charge is -2.22. The zero-order valence-corrected chi connectivity index (χ0v) is 24.6. The number of rotatable bonds is 7. The van der Waals surface area contributed by atoms with Crippen molar-refractivity contribution in [1.82, 2.24) is 25.0 Å². The molecule has 0 bridgehead atoms. The van der Waals surface area contributed by atoms with Gasteiger partial charge in [0.05, 0.1) is 11.6 Å². The number of hydrogen-bond acceptors (Lipinski definition) is 8. The summed E-state index contributed by atoms with van der Waals surface area (Å²) in [4.78, 5) is 23.2. The van der Waals surface area contributed by atoms with Gasteiger partial charge in [0.1, 0.15) is 0 Å². The van der Waals surface area contributed by atoms with Gasteiger partial charge in [-0.05, 0) is 93.7 Å². The normalized spacial score (nSPS) is 23.4. The fraction of sp³-hybridized carbons (Fsp3) is 0.467. The first-order chi connectivity index (χ1) is 19.8. The Hall–Kier alpha value is -2.98. The van der Waals surface area contributed by atoms with Crippen LogP contribution in [-0.2, 0) is 11.3 Å². The first-order valence-corrected chi connectivity index (χ1v) is 15.0. The van der Waals surface area contributed by atoms with Crippen molar-refractivity contribution in [1.29, 1.82) is 0 Å². The lowest BCUT2D eigenvalue weighted by Crippen LogP contribution is -2.29. The van der Waals surface area contributed by atoms with E-state index in [-0.39, 0.29) is 5.92 Å². The zero-order chi connectivity index (χ0) is 28.5. The molecular formula is C30H34Cl2N6O3. The molecule has 0 spiro atoms. The smallest absolute Gasteiger partial charge is 0.307 e. The standard InChI is InChI=1S/C30H34Cl2N6O3/c1-36-7-2-8-38(12-11-36)26-3-4-27(35-34-26)41-28-14-19(13-25(33-28)20-15-21(31)17-22(32)16-20)18-37-9-5-23-24(6-10-37)29(23)30(39)40/h3-4,13-17,23-24,29H,2,5-12,18H2,1H3,(H,39,40)/t23-,24+,29?. The third-order valence-electron chi connectivity index (χ3n) is 8.48. The molecule has 41 heavy (non-hydrogen) atoms. The average molecular weight is 598 g/mol. The summed E-state index contributed by atoms with van der Waals surface area (Å²) >= 11 is 12.6. The van der Waals surface area contributed by atoms with Crippen molar-refractivity contribution in [3.8, 4) is 23.0 Å². The van der Waals surface area contributed by atoms with Gasteiger partial charge in [-0.1, -0.05) is 23.2 Å². The van der Waals surface area contributed by atoms with E-state index in [4.69, 9.17) is 32.9 Å². The molecule has 3 aromatic rings. The van der Waals surface area contributed by atoms with Crippen molar-refractivity contribution in [3.63, 3.8) is 0 Å². The van der Waals surface area contributed by atoms with Crippen LogP contribution in [0.4, 0.5) is 5.82 Å². The molecule has 3 atom stereocenters. The quantitative estimate of drug-likeness (QED) is 0.388. The molecule has 216 valence electrons. The molecular weight excluding hydrogens is 563 g/mol. The Balaban J connectivity index is 1.21. The molecule has 3 aliphatic rings. The van der Waals surface area contributed by atoms with Crippen molar-refractivity contribution in [2.75, 3.05) is 51.2 Å². The molecule has 6 rings (SSSR count). The number of hydrogen-bond donors (Lipinski definition) is 1. The maximum Gasteiger partial charge on any atom is 0.307 e. The van der Waals surface area contributed by atoms with Crippen molar-refractivity contribution >= 4 is 35.0 Å². The minimum atomic E-state index is -0.649. The van der Waals surface area contributed by atoms with E-state index in [1.165, 1.54) is 0 Å². The number of aliphatic carboxylic acids is 1. The van der Waals surface area contributed by atoms with Crippen LogP contribution in [-0.4, -0.2) is 82.4 Å². The topological polar surface area (TPSA) is 94.9 Å². The number of aromatic nitrogens is 3. The number of halogens is 2. The number of nitrogens with zero attached hydrogens (tertiary/aromatic N) is 6. The monoisotopic (exact) mass is 596 g/mol. The van der Waals surface area contributed by atoms with Gasteiger partial charge in [-0.2, -0.15) is 0 Å². The maximum atomic E-state index is 11.5. The maximum absolute atomic E-state index is 11.5. The van der Waals surface area contributed by atoms with Crippen LogP contribution in [0.5, 0.6) is 11.8 Å². The van der Waals surface area contributed by atoms with E-state index in [9.17, 15) is 9.90 Å². The van der Waals surface area contributed by atoms with Crippen LogP contribution in [0.25, 0.3) is 11.3 Å². The van der Waals surface area contributed by atoms with Crippen molar-refractivity contribution in [3.05, 3.63) is 58.1 Å². The molecule has 1 aromatic carbocycles. The van der Waals surface area contributed by atoms with Gasteiger partial charge in [-0.3, -0.25) is 9.69 Å². The highest BCUT2D eigenvalue weighted by Gasteiger charge is 2.54. The van der Waals surface area contributed by atoms with Crippen molar-refractivity contribution in [2.24, 2.45) is 17.8 Å². The highest BCUT2D eigenvalue weighted by Crippen LogP contribution is 2.52. The molecule has 11 heteroatoms. The number of likely N-dealkylation sites (N-methyl/N-ethyl adjacent to an activating group) is 1. The number of likely N-dealkylation sites (tertiary alicyclic amines) is 1. The summed E-state index contributed by atoms with van der Waals surface area (Å²) in [6, 6.07) is 13.1. The van der Waals surface area contributed by atoms with Crippen molar-refractivity contribution in [2.45, 2.75) is 25.8 Å². The highest BCUT2D eigenvalue weighted by atomic mass is 35.5. The fourth-order valence-corrected chi connectivity index (χ4v) is 6.79. The Morgan fingerprint density at radius 1 is 0.927 bits per heavy atom. The number of ether oxygens (including phenoxy) is 1. The zero-order valence-electron chi connectivity index (χ0n) is 23.0. The number of benzene rings is 1. The van der Waals surface area contributed by atoms with Gasteiger partial charge in [0, 0.05) is 53.9 Å². The molecule has 1 unspecified atom stereocenters. The van der Waals surface area contributed by atoms with Crippen LogP contribution in [0.15, 0.2) is 42.5 Å². The average Bonchev–Trinajstić information content (AvgIpc) is 3.71. The second-order valence-electron chi connectivity index (χ2n) is 11.4. The summed E-state index contributed by atoms with van der Waals surface area (Å²) < 4.78 is 6.14. The molecule has 1 N–H and O–H groups in total. The van der Waals surface area contributed by atoms with E-state index >= 15 is 0 Å². The largest absolute Gasteiger partial charge is 0.481 e. The number of fused-ring (bicyclic) bond motifs is 1. The Morgan fingerprint density at radius 3 is 2.37 bits per heavy atom. The van der Waals surface area contributed by atoms with E-state index in [1.54, 1.807) is 6.07 Å². The minimum Gasteiger partial charge on any atom is -0.481 e. The van der Waals surface area contributed by atoms with Gasteiger partial charge in [0.2, 0.25) is 11.8 Å². The van der Waals surface area contributed by atoms with Gasteiger partial charge in [0.25, 0.3) is 0 Å². The van der Waals surface area contributed by atoms with Gasteiger partial charge in [-0.15, -0.1) is 10.2 Å². The molecule has 2 saturated heterocycles. The number of pyridine rings is 1. The van der Waals surface area contributed by atoms with Gasteiger partial charge in [-0.25, -0.2) is 4.98 Å². The molecule has 0 amide bonds. The summed E-state index contributed by atoms with van der Waals surface area (Å²) in [5, 5.41) is 19.3. The second kappa shape index (κ2) is 12.1. The number of anilines is 1. The fourth-order valence-electron chi connectivity index (χ4n) is 6.26. The summed E-state index contributed by atoms with van der Waals surface area (Å²) in [6.07, 6.45) is 2.89. The SMILES string of the molecule is CN1CCCN(c2ccc(Oc3cc(CN4CC[C@@H]5C(C(=O)O)[C@@H]5CC4)cc(-c4cc(Cl)cc(Cl)c4)n3)nn2)CC1. The van der Waals surface area contributed by atoms with E-state index in [1.807, 2.05) is 36.4 Å². The van der Waals surface area contributed by atoms with Crippen LogP contribution < -0.4 is 9.64 Å².